The molecule has 1 aliphatic carbocycles. The summed E-state index contributed by atoms with van der Waals surface area (Å²) in [6.45, 7) is 0.974. The monoisotopic (exact) mass is 212 g/mol. The number of hydrogen-bond acceptors (Lipinski definition) is 2. The van der Waals surface area contributed by atoms with E-state index in [1.807, 2.05) is 0 Å². The van der Waals surface area contributed by atoms with Crippen LogP contribution in [0.1, 0.15) is 32.1 Å². The molecule has 86 valence electrons. The van der Waals surface area contributed by atoms with Crippen LogP contribution in [-0.2, 0) is 4.79 Å². The number of nitrogens with two attached hydrogens (primary N) is 2. The van der Waals surface area contributed by atoms with E-state index in [1.165, 1.54) is 25.7 Å². The number of hydrogen-bond donors (Lipinski definition) is 3. The van der Waals surface area contributed by atoms with Gasteiger partial charge in [0.05, 0.1) is 6.54 Å². The van der Waals surface area contributed by atoms with Crippen molar-refractivity contribution in [3.05, 3.63) is 0 Å². The third-order valence-electron chi connectivity index (χ3n) is 2.68. The highest BCUT2D eigenvalue weighted by Crippen LogP contribution is 2.27. The summed E-state index contributed by atoms with van der Waals surface area (Å²) in [4.78, 5) is 15.2. The van der Waals surface area contributed by atoms with Crippen molar-refractivity contribution in [2.45, 2.75) is 32.1 Å². The normalized spacial score (nSPS) is 16.3. The Kier molecular flexibility index (Phi) is 4.93. The molecule has 1 amide bonds. The van der Waals surface area contributed by atoms with E-state index >= 15 is 0 Å². The van der Waals surface area contributed by atoms with E-state index in [4.69, 9.17) is 11.5 Å². The van der Waals surface area contributed by atoms with Gasteiger partial charge in [-0.2, -0.15) is 0 Å². The van der Waals surface area contributed by atoms with Crippen molar-refractivity contribution in [3.63, 3.8) is 0 Å². The van der Waals surface area contributed by atoms with Crippen molar-refractivity contribution in [1.82, 2.24) is 5.32 Å². The summed E-state index contributed by atoms with van der Waals surface area (Å²) in [5.74, 6) is 0.779. The SMILES string of the molecule is NC(N)=NCCNC(=O)CC1CCCC1. The van der Waals surface area contributed by atoms with E-state index in [2.05, 4.69) is 10.3 Å². The van der Waals surface area contributed by atoms with Crippen LogP contribution in [0.25, 0.3) is 0 Å². The second-order valence-corrected chi connectivity index (χ2v) is 4.01. The number of nitrogens with zero attached hydrogens (tertiary/aromatic N) is 1. The molecule has 0 aliphatic heterocycles. The Morgan fingerprint density at radius 2 is 2.00 bits per heavy atom. The van der Waals surface area contributed by atoms with Gasteiger partial charge >= 0.3 is 0 Å². The van der Waals surface area contributed by atoms with Gasteiger partial charge in [-0.25, -0.2) is 0 Å². The maximum atomic E-state index is 11.4. The molecule has 1 rings (SSSR count). The number of nitrogens with one attached hydrogen (secondary N) is 1. The fourth-order valence-electron chi connectivity index (χ4n) is 1.93. The van der Waals surface area contributed by atoms with Gasteiger partial charge < -0.3 is 16.8 Å². The fraction of sp³-hybridized carbons (Fsp3) is 0.800. The molecule has 0 atom stereocenters. The first-order valence-corrected chi connectivity index (χ1v) is 5.50. The van der Waals surface area contributed by atoms with E-state index in [9.17, 15) is 4.79 Å². The topological polar surface area (TPSA) is 93.5 Å². The molecule has 0 spiro atoms. The van der Waals surface area contributed by atoms with Gasteiger partial charge in [0.25, 0.3) is 0 Å². The largest absolute Gasteiger partial charge is 0.370 e. The summed E-state index contributed by atoms with van der Waals surface area (Å²) in [6.07, 6.45) is 5.59. The molecule has 0 aromatic heterocycles. The zero-order valence-electron chi connectivity index (χ0n) is 9.04. The van der Waals surface area contributed by atoms with Crippen molar-refractivity contribution < 1.29 is 4.79 Å². The lowest BCUT2D eigenvalue weighted by atomic mass is 10.0. The van der Waals surface area contributed by atoms with Crippen LogP contribution in [0.5, 0.6) is 0 Å². The van der Waals surface area contributed by atoms with Crippen molar-refractivity contribution in [3.8, 4) is 0 Å². The Morgan fingerprint density at radius 3 is 2.60 bits per heavy atom. The molecule has 0 radical (unpaired) electrons. The van der Waals surface area contributed by atoms with Gasteiger partial charge in [0.2, 0.25) is 5.91 Å². The van der Waals surface area contributed by atoms with Gasteiger partial charge in [-0.15, -0.1) is 0 Å². The van der Waals surface area contributed by atoms with Crippen LogP contribution < -0.4 is 16.8 Å². The summed E-state index contributed by atoms with van der Waals surface area (Å²) in [5, 5.41) is 2.81. The minimum atomic E-state index is 0.0695. The van der Waals surface area contributed by atoms with Crippen LogP contribution in [-0.4, -0.2) is 25.0 Å². The number of rotatable bonds is 5. The highest BCUT2D eigenvalue weighted by Gasteiger charge is 2.17. The molecule has 0 bridgehead atoms. The fourth-order valence-corrected chi connectivity index (χ4v) is 1.93. The smallest absolute Gasteiger partial charge is 0.220 e. The number of aliphatic imine (C=N–C) groups is 1. The molecule has 1 aliphatic rings. The molecule has 0 aromatic carbocycles. The molecular formula is C10H20N4O. The summed E-state index contributed by atoms with van der Waals surface area (Å²) < 4.78 is 0. The molecule has 0 aromatic rings. The van der Waals surface area contributed by atoms with E-state index in [0.717, 1.165) is 0 Å². The number of carbonyl (C=O) groups is 1. The molecule has 0 heterocycles. The van der Waals surface area contributed by atoms with Crippen molar-refractivity contribution >= 4 is 11.9 Å². The Morgan fingerprint density at radius 1 is 1.33 bits per heavy atom. The summed E-state index contributed by atoms with van der Waals surface area (Å²) in [7, 11) is 0. The van der Waals surface area contributed by atoms with Crippen LogP contribution in [0.15, 0.2) is 4.99 Å². The average Bonchev–Trinajstić information content (AvgIpc) is 2.64. The minimum absolute atomic E-state index is 0.0695. The van der Waals surface area contributed by atoms with Crippen LogP contribution in [0.4, 0.5) is 0 Å². The lowest BCUT2D eigenvalue weighted by Crippen LogP contribution is -2.29. The molecule has 0 saturated heterocycles. The Labute approximate surface area is 90.3 Å². The molecule has 0 unspecified atom stereocenters. The second-order valence-electron chi connectivity index (χ2n) is 4.01. The Balaban J connectivity index is 2.05. The zero-order chi connectivity index (χ0) is 11.1. The third kappa shape index (κ3) is 5.24. The number of amides is 1. The first kappa shape index (κ1) is 11.8. The van der Waals surface area contributed by atoms with Gasteiger partial charge in [-0.3, -0.25) is 9.79 Å². The maximum absolute atomic E-state index is 11.4. The van der Waals surface area contributed by atoms with Gasteiger partial charge in [0.1, 0.15) is 0 Å². The van der Waals surface area contributed by atoms with Gasteiger partial charge in [-0.05, 0) is 18.8 Å². The molecule has 5 N–H and O–H groups in total. The van der Waals surface area contributed by atoms with Crippen LogP contribution in [0.2, 0.25) is 0 Å². The second kappa shape index (κ2) is 6.27. The first-order valence-electron chi connectivity index (χ1n) is 5.50. The van der Waals surface area contributed by atoms with E-state index < -0.39 is 0 Å². The van der Waals surface area contributed by atoms with E-state index in [0.29, 0.717) is 25.4 Å². The minimum Gasteiger partial charge on any atom is -0.370 e. The highest BCUT2D eigenvalue weighted by atomic mass is 16.1. The first-order chi connectivity index (χ1) is 7.18. The summed E-state index contributed by atoms with van der Waals surface area (Å²) in [6, 6.07) is 0. The molecule has 1 fully saturated rings. The highest BCUT2D eigenvalue weighted by molar-refractivity contribution is 5.76. The lowest BCUT2D eigenvalue weighted by Gasteiger charge is -2.08. The summed E-state index contributed by atoms with van der Waals surface area (Å²) >= 11 is 0. The predicted octanol–water partition coefficient (Wildman–Crippen LogP) is -0.0437. The van der Waals surface area contributed by atoms with Gasteiger partial charge in [-0.1, -0.05) is 12.8 Å². The van der Waals surface area contributed by atoms with Crippen molar-refractivity contribution in [2.75, 3.05) is 13.1 Å². The number of carbonyl (C=O) groups excluding carboxylic acids is 1. The molecule has 15 heavy (non-hydrogen) atoms. The van der Waals surface area contributed by atoms with Crippen molar-refractivity contribution in [2.24, 2.45) is 22.4 Å². The van der Waals surface area contributed by atoms with Gasteiger partial charge in [0, 0.05) is 13.0 Å². The van der Waals surface area contributed by atoms with Crippen LogP contribution >= 0.6 is 0 Å². The summed E-state index contributed by atoms with van der Waals surface area (Å²) in [5.41, 5.74) is 10.3. The zero-order valence-corrected chi connectivity index (χ0v) is 9.04. The van der Waals surface area contributed by atoms with Crippen LogP contribution in [0.3, 0.4) is 0 Å². The van der Waals surface area contributed by atoms with Crippen LogP contribution in [0, 0.1) is 5.92 Å². The van der Waals surface area contributed by atoms with E-state index in [-0.39, 0.29) is 11.9 Å². The van der Waals surface area contributed by atoms with Gasteiger partial charge in [0.15, 0.2) is 5.96 Å². The molecule has 5 nitrogen and oxygen atoms in total. The quantitative estimate of drug-likeness (QED) is 0.339. The molecule has 1 saturated carbocycles. The lowest BCUT2D eigenvalue weighted by molar-refractivity contribution is -0.121. The van der Waals surface area contributed by atoms with Crippen molar-refractivity contribution in [1.29, 1.82) is 0 Å². The number of guanidine groups is 1. The Bertz CT molecular complexity index is 230. The third-order valence-corrected chi connectivity index (χ3v) is 2.68. The van der Waals surface area contributed by atoms with E-state index in [1.54, 1.807) is 0 Å². The Hall–Kier alpha value is -1.26. The molecular weight excluding hydrogens is 192 g/mol. The standard InChI is InChI=1S/C10H20N4O/c11-10(12)14-6-5-13-9(15)7-8-3-1-2-4-8/h8H,1-7H2,(H,13,15)(H4,11,12,14). The maximum Gasteiger partial charge on any atom is 0.220 e. The predicted molar refractivity (Wildman–Crippen MR) is 60.3 cm³/mol. The molecule has 5 heteroatoms. The average molecular weight is 212 g/mol.